The molecule has 1 heterocycles. The van der Waals surface area contributed by atoms with Crippen LogP contribution in [0.5, 0.6) is 5.75 Å². The van der Waals surface area contributed by atoms with Gasteiger partial charge in [0.1, 0.15) is 23.5 Å². The molecule has 19 heavy (non-hydrogen) atoms. The second-order valence-corrected chi connectivity index (χ2v) is 4.74. The van der Waals surface area contributed by atoms with E-state index in [1.54, 1.807) is 6.92 Å². The zero-order chi connectivity index (χ0) is 13.8. The molecule has 1 unspecified atom stereocenters. The summed E-state index contributed by atoms with van der Waals surface area (Å²) in [6.45, 7) is 4.38. The third kappa shape index (κ3) is 3.56. The van der Waals surface area contributed by atoms with Gasteiger partial charge in [0, 0.05) is 25.2 Å². The quantitative estimate of drug-likeness (QED) is 0.676. The van der Waals surface area contributed by atoms with Crippen molar-refractivity contribution >= 4 is 17.3 Å². The highest BCUT2D eigenvalue weighted by Crippen LogP contribution is 2.31. The fourth-order valence-electron chi connectivity index (χ4n) is 1.85. The Morgan fingerprint density at radius 3 is 3.05 bits per heavy atom. The molecule has 1 atom stereocenters. The van der Waals surface area contributed by atoms with Gasteiger partial charge >= 0.3 is 0 Å². The zero-order valence-corrected chi connectivity index (χ0v) is 11.3. The van der Waals surface area contributed by atoms with Crippen LogP contribution in [0.2, 0.25) is 5.02 Å². The first-order valence-corrected chi connectivity index (χ1v) is 6.35. The van der Waals surface area contributed by atoms with Crippen LogP contribution in [0.4, 0.5) is 5.69 Å². The molecule has 104 valence electrons. The summed E-state index contributed by atoms with van der Waals surface area (Å²) in [5.41, 5.74) is 0.571. The number of nitro benzene ring substituents is 1. The van der Waals surface area contributed by atoms with Gasteiger partial charge in [-0.05, 0) is 12.5 Å². The predicted octanol–water partition coefficient (Wildman–Crippen LogP) is 1.92. The lowest BCUT2D eigenvalue weighted by atomic mass is 10.2. The average molecular weight is 287 g/mol. The standard InChI is InChI=1S/C12H15ClN2O4/c1-8-4-11(15(16)17)10(13)5-12(8)19-7-9-6-14-2-3-18-9/h4-5,9,14H,2-3,6-7H2,1H3. The number of ether oxygens (including phenoxy) is 2. The lowest BCUT2D eigenvalue weighted by Gasteiger charge is -2.24. The van der Waals surface area contributed by atoms with Crippen molar-refractivity contribution in [3.63, 3.8) is 0 Å². The largest absolute Gasteiger partial charge is 0.490 e. The van der Waals surface area contributed by atoms with E-state index in [1.807, 2.05) is 0 Å². The van der Waals surface area contributed by atoms with E-state index in [-0.39, 0.29) is 16.8 Å². The Hall–Kier alpha value is -1.37. The molecule has 6 nitrogen and oxygen atoms in total. The van der Waals surface area contributed by atoms with Gasteiger partial charge in [0.25, 0.3) is 5.69 Å². The zero-order valence-electron chi connectivity index (χ0n) is 10.5. The summed E-state index contributed by atoms with van der Waals surface area (Å²) < 4.78 is 11.1. The Morgan fingerprint density at radius 2 is 2.42 bits per heavy atom. The van der Waals surface area contributed by atoms with Crippen molar-refractivity contribution in [2.24, 2.45) is 0 Å². The van der Waals surface area contributed by atoms with Crippen LogP contribution < -0.4 is 10.1 Å². The van der Waals surface area contributed by atoms with E-state index in [4.69, 9.17) is 21.1 Å². The maximum absolute atomic E-state index is 10.7. The molecule has 2 rings (SSSR count). The number of nitrogens with zero attached hydrogens (tertiary/aromatic N) is 1. The van der Waals surface area contributed by atoms with E-state index in [0.717, 1.165) is 13.1 Å². The second-order valence-electron chi connectivity index (χ2n) is 4.33. The summed E-state index contributed by atoms with van der Waals surface area (Å²) in [6.07, 6.45) is -0.0119. The van der Waals surface area contributed by atoms with Gasteiger partial charge in [0.05, 0.1) is 11.5 Å². The molecule has 0 spiro atoms. The van der Waals surface area contributed by atoms with Crippen LogP contribution in [0, 0.1) is 17.0 Å². The summed E-state index contributed by atoms with van der Waals surface area (Å²) in [5.74, 6) is 0.546. The minimum atomic E-state index is -0.507. The van der Waals surface area contributed by atoms with Crippen molar-refractivity contribution in [3.05, 3.63) is 32.8 Å². The number of hydrogen-bond donors (Lipinski definition) is 1. The van der Waals surface area contributed by atoms with Gasteiger partial charge in [-0.2, -0.15) is 0 Å². The molecule has 1 saturated heterocycles. The highest BCUT2D eigenvalue weighted by atomic mass is 35.5. The first-order valence-electron chi connectivity index (χ1n) is 5.97. The fourth-order valence-corrected chi connectivity index (χ4v) is 2.08. The minimum absolute atomic E-state index is 0.0119. The summed E-state index contributed by atoms with van der Waals surface area (Å²) in [6, 6.07) is 2.89. The smallest absolute Gasteiger partial charge is 0.288 e. The van der Waals surface area contributed by atoms with Crippen LogP contribution in [0.25, 0.3) is 0 Å². The van der Waals surface area contributed by atoms with Crippen LogP contribution in [0.3, 0.4) is 0 Å². The first-order chi connectivity index (χ1) is 9.08. The van der Waals surface area contributed by atoms with Crippen LogP contribution in [0.1, 0.15) is 5.56 Å². The van der Waals surface area contributed by atoms with Gasteiger partial charge in [-0.25, -0.2) is 0 Å². The van der Waals surface area contributed by atoms with Crippen LogP contribution in [-0.4, -0.2) is 37.3 Å². The molecule has 0 bridgehead atoms. The topological polar surface area (TPSA) is 73.6 Å². The molecule has 1 fully saturated rings. The van der Waals surface area contributed by atoms with Gasteiger partial charge in [-0.15, -0.1) is 0 Å². The molecule has 1 aromatic rings. The molecule has 0 amide bonds. The lowest BCUT2D eigenvalue weighted by Crippen LogP contribution is -2.41. The van der Waals surface area contributed by atoms with E-state index >= 15 is 0 Å². The maximum atomic E-state index is 10.7. The third-order valence-electron chi connectivity index (χ3n) is 2.87. The molecule has 0 aromatic heterocycles. The van der Waals surface area contributed by atoms with Crippen LogP contribution >= 0.6 is 11.6 Å². The van der Waals surface area contributed by atoms with Crippen LogP contribution in [0.15, 0.2) is 12.1 Å². The van der Waals surface area contributed by atoms with Crippen molar-refractivity contribution in [1.29, 1.82) is 0 Å². The van der Waals surface area contributed by atoms with Crippen molar-refractivity contribution < 1.29 is 14.4 Å². The highest BCUT2D eigenvalue weighted by Gasteiger charge is 2.18. The van der Waals surface area contributed by atoms with Gasteiger partial charge in [0.15, 0.2) is 0 Å². The third-order valence-corrected chi connectivity index (χ3v) is 3.17. The molecule has 7 heteroatoms. The maximum Gasteiger partial charge on any atom is 0.288 e. The molecule has 1 aliphatic heterocycles. The number of nitro groups is 1. The van der Waals surface area contributed by atoms with E-state index < -0.39 is 4.92 Å². The van der Waals surface area contributed by atoms with Gasteiger partial charge in [0.2, 0.25) is 0 Å². The lowest BCUT2D eigenvalue weighted by molar-refractivity contribution is -0.384. The predicted molar refractivity (Wildman–Crippen MR) is 70.9 cm³/mol. The Bertz CT molecular complexity index is 475. The average Bonchev–Trinajstić information content (AvgIpc) is 2.40. The minimum Gasteiger partial charge on any atom is -0.490 e. The van der Waals surface area contributed by atoms with E-state index in [1.165, 1.54) is 12.1 Å². The van der Waals surface area contributed by atoms with Crippen molar-refractivity contribution in [2.75, 3.05) is 26.3 Å². The summed E-state index contributed by atoms with van der Waals surface area (Å²) in [7, 11) is 0. The van der Waals surface area contributed by atoms with Gasteiger partial charge < -0.3 is 14.8 Å². The molecule has 0 aliphatic carbocycles. The number of rotatable bonds is 4. The molecule has 1 N–H and O–H groups in total. The van der Waals surface area contributed by atoms with E-state index in [0.29, 0.717) is 24.5 Å². The van der Waals surface area contributed by atoms with E-state index in [2.05, 4.69) is 5.32 Å². The number of morpholine rings is 1. The number of aryl methyl sites for hydroxylation is 1. The monoisotopic (exact) mass is 286 g/mol. The number of benzene rings is 1. The number of nitrogens with one attached hydrogen (secondary N) is 1. The van der Waals surface area contributed by atoms with Crippen molar-refractivity contribution in [2.45, 2.75) is 13.0 Å². The normalized spacial score (nSPS) is 19.2. The summed E-state index contributed by atoms with van der Waals surface area (Å²) >= 11 is 5.85. The van der Waals surface area contributed by atoms with Gasteiger partial charge in [-0.3, -0.25) is 10.1 Å². The molecule has 1 aliphatic rings. The summed E-state index contributed by atoms with van der Waals surface area (Å²) in [4.78, 5) is 10.2. The number of hydrogen-bond acceptors (Lipinski definition) is 5. The van der Waals surface area contributed by atoms with Gasteiger partial charge in [-0.1, -0.05) is 11.6 Å². The van der Waals surface area contributed by atoms with Crippen LogP contribution in [-0.2, 0) is 4.74 Å². The molecule has 0 saturated carbocycles. The Kier molecular flexibility index (Phi) is 4.57. The first kappa shape index (κ1) is 14.0. The molecule has 1 aromatic carbocycles. The summed E-state index contributed by atoms with van der Waals surface area (Å²) in [5, 5.41) is 14.0. The molecule has 0 radical (unpaired) electrons. The SMILES string of the molecule is Cc1cc([N+](=O)[O-])c(Cl)cc1OCC1CNCCO1. The Labute approximate surface area is 115 Å². The van der Waals surface area contributed by atoms with E-state index in [9.17, 15) is 10.1 Å². The fraction of sp³-hybridized carbons (Fsp3) is 0.500. The van der Waals surface area contributed by atoms with Crippen molar-refractivity contribution in [3.8, 4) is 5.75 Å². The Morgan fingerprint density at radius 1 is 1.63 bits per heavy atom. The van der Waals surface area contributed by atoms with Crippen molar-refractivity contribution in [1.82, 2.24) is 5.32 Å². The second kappa shape index (κ2) is 6.18. The molecular formula is C12H15ClN2O4. The highest BCUT2D eigenvalue weighted by molar-refractivity contribution is 6.32. The Balaban J connectivity index is 2.04. The number of halogens is 1. The molecular weight excluding hydrogens is 272 g/mol.